The van der Waals surface area contributed by atoms with E-state index in [0.29, 0.717) is 0 Å². The number of amides is 9. The molecule has 0 unspecified atom stereocenters. The van der Waals surface area contributed by atoms with Crippen LogP contribution in [0.4, 0.5) is 0 Å². The van der Waals surface area contributed by atoms with E-state index in [1.807, 2.05) is 0 Å². The standard InChI is InChI=1S/C27H47N9O9/c1-11(20(38)28-10)30-22(40)13(3)32-24(42)15(5)34-26(44)17(7)36-27(45)18(8)35-25(43)16(6)33-23(41)14(4)31-21(39)12(2)29-19(9)37/h11-18H,1-10H3,(H,28,38)(H,29,37)(H,30,40)(H,31,39)(H,32,42)(H,33,41)(H,34,44)(H,35,43)(H,36,45)/t11-,12-,13-,14-,15-,16-,17-,18-/m0/s1. The molecule has 0 aromatic heterocycles. The summed E-state index contributed by atoms with van der Waals surface area (Å²) in [6.07, 6.45) is 0. The van der Waals surface area contributed by atoms with Gasteiger partial charge in [-0.25, -0.2) is 0 Å². The van der Waals surface area contributed by atoms with Crippen molar-refractivity contribution in [2.75, 3.05) is 7.05 Å². The van der Waals surface area contributed by atoms with Gasteiger partial charge in [0.1, 0.15) is 48.3 Å². The first kappa shape index (κ1) is 40.2. The number of hydrogen-bond acceptors (Lipinski definition) is 9. The van der Waals surface area contributed by atoms with Gasteiger partial charge in [0, 0.05) is 14.0 Å². The fourth-order valence-electron chi connectivity index (χ4n) is 3.41. The van der Waals surface area contributed by atoms with E-state index in [2.05, 4.69) is 47.9 Å². The van der Waals surface area contributed by atoms with Crippen molar-refractivity contribution in [3.8, 4) is 0 Å². The maximum atomic E-state index is 12.6. The fourth-order valence-corrected chi connectivity index (χ4v) is 3.41. The Bertz CT molecular complexity index is 1150. The monoisotopic (exact) mass is 641 g/mol. The minimum Gasteiger partial charge on any atom is -0.357 e. The van der Waals surface area contributed by atoms with E-state index < -0.39 is 101 Å². The van der Waals surface area contributed by atoms with Gasteiger partial charge in [-0.05, 0) is 55.4 Å². The third-order valence-corrected chi connectivity index (χ3v) is 6.32. The number of carbonyl (C=O) groups is 9. The van der Waals surface area contributed by atoms with Crippen molar-refractivity contribution in [2.45, 2.75) is 111 Å². The molecule has 8 atom stereocenters. The van der Waals surface area contributed by atoms with E-state index in [1.54, 1.807) is 0 Å². The normalized spacial score (nSPS) is 15.9. The van der Waals surface area contributed by atoms with E-state index in [9.17, 15) is 43.2 Å². The molecule has 0 heterocycles. The van der Waals surface area contributed by atoms with Gasteiger partial charge in [-0.15, -0.1) is 0 Å². The minimum absolute atomic E-state index is 0.419. The minimum atomic E-state index is -1.13. The number of hydrogen-bond donors (Lipinski definition) is 9. The molecule has 9 amide bonds. The summed E-state index contributed by atoms with van der Waals surface area (Å²) in [5.74, 6) is -5.61. The summed E-state index contributed by atoms with van der Waals surface area (Å²) < 4.78 is 0. The van der Waals surface area contributed by atoms with Crippen LogP contribution < -0.4 is 47.9 Å². The number of carbonyl (C=O) groups excluding carboxylic acids is 9. The SMILES string of the molecule is CNC(=O)[C@H](C)NC(=O)[C@H](C)NC(=O)[C@H](C)NC(=O)[C@H](C)NC(=O)[C@H](C)NC(=O)[C@H](C)NC(=O)[C@H](C)NC(=O)[C@H](C)NC(C)=O. The molecular formula is C27H47N9O9. The number of nitrogens with one attached hydrogen (secondary N) is 9. The van der Waals surface area contributed by atoms with Gasteiger partial charge in [-0.1, -0.05) is 0 Å². The molecule has 254 valence electrons. The van der Waals surface area contributed by atoms with Crippen LogP contribution in [0.3, 0.4) is 0 Å². The molecule has 0 rings (SSSR count). The highest BCUT2D eigenvalue weighted by molar-refractivity contribution is 5.97. The highest BCUT2D eigenvalue weighted by Crippen LogP contribution is 1.95. The van der Waals surface area contributed by atoms with Crippen molar-refractivity contribution >= 4 is 53.2 Å². The van der Waals surface area contributed by atoms with Gasteiger partial charge in [0.05, 0.1) is 0 Å². The zero-order chi connectivity index (χ0) is 35.2. The van der Waals surface area contributed by atoms with Crippen LogP contribution in [0.15, 0.2) is 0 Å². The average molecular weight is 642 g/mol. The smallest absolute Gasteiger partial charge is 0.242 e. The Hall–Kier alpha value is -4.77. The van der Waals surface area contributed by atoms with Gasteiger partial charge in [0.25, 0.3) is 0 Å². The Kier molecular flexibility index (Phi) is 16.8. The van der Waals surface area contributed by atoms with Crippen molar-refractivity contribution in [2.24, 2.45) is 0 Å². The zero-order valence-electron chi connectivity index (χ0n) is 27.3. The van der Waals surface area contributed by atoms with Crippen molar-refractivity contribution in [3.63, 3.8) is 0 Å². The highest BCUT2D eigenvalue weighted by atomic mass is 16.2. The van der Waals surface area contributed by atoms with Crippen LogP contribution in [0.25, 0.3) is 0 Å². The molecule has 0 spiro atoms. The second-order valence-electron chi connectivity index (χ2n) is 10.6. The quantitative estimate of drug-likeness (QED) is 0.0790. The fraction of sp³-hybridized carbons (Fsp3) is 0.667. The molecule has 0 aromatic carbocycles. The molecule has 0 aliphatic heterocycles. The molecule has 18 nitrogen and oxygen atoms in total. The molecule has 18 heteroatoms. The summed E-state index contributed by atoms with van der Waals surface area (Å²) in [4.78, 5) is 110. The molecule has 9 N–H and O–H groups in total. The van der Waals surface area contributed by atoms with Gasteiger partial charge >= 0.3 is 0 Å². The Labute approximate surface area is 262 Å². The molecule has 0 saturated heterocycles. The Morgan fingerprint density at radius 2 is 0.467 bits per heavy atom. The Morgan fingerprint density at radius 3 is 0.622 bits per heavy atom. The lowest BCUT2D eigenvalue weighted by Gasteiger charge is -2.23. The lowest BCUT2D eigenvalue weighted by Crippen LogP contribution is -2.58. The van der Waals surface area contributed by atoms with Crippen molar-refractivity contribution in [1.29, 1.82) is 0 Å². The summed E-state index contributed by atoms with van der Waals surface area (Å²) in [7, 11) is 1.41. The maximum Gasteiger partial charge on any atom is 0.242 e. The van der Waals surface area contributed by atoms with Crippen molar-refractivity contribution < 1.29 is 43.2 Å². The summed E-state index contributed by atoms with van der Waals surface area (Å²) in [5.41, 5.74) is 0. The van der Waals surface area contributed by atoms with Crippen LogP contribution in [-0.2, 0) is 43.2 Å². The third kappa shape index (κ3) is 14.5. The topological polar surface area (TPSA) is 262 Å². The van der Waals surface area contributed by atoms with Crippen LogP contribution in [0.5, 0.6) is 0 Å². The van der Waals surface area contributed by atoms with Gasteiger partial charge in [0.15, 0.2) is 0 Å². The van der Waals surface area contributed by atoms with Gasteiger partial charge < -0.3 is 47.9 Å². The Morgan fingerprint density at radius 1 is 0.311 bits per heavy atom. The first-order valence-electron chi connectivity index (χ1n) is 14.3. The Balaban J connectivity index is 4.80. The number of likely N-dealkylation sites (N-methyl/N-ethyl adjacent to an activating group) is 1. The van der Waals surface area contributed by atoms with Crippen LogP contribution in [0.2, 0.25) is 0 Å². The molecule has 0 saturated carbocycles. The van der Waals surface area contributed by atoms with E-state index >= 15 is 0 Å². The lowest BCUT2D eigenvalue weighted by molar-refractivity contribution is -0.135. The predicted octanol–water partition coefficient (Wildman–Crippen LogP) is -4.21. The third-order valence-electron chi connectivity index (χ3n) is 6.32. The molecule has 45 heavy (non-hydrogen) atoms. The van der Waals surface area contributed by atoms with Crippen molar-refractivity contribution in [3.05, 3.63) is 0 Å². The first-order chi connectivity index (χ1) is 20.7. The second-order valence-corrected chi connectivity index (χ2v) is 10.6. The van der Waals surface area contributed by atoms with Gasteiger partial charge in [-0.2, -0.15) is 0 Å². The highest BCUT2D eigenvalue weighted by Gasteiger charge is 2.28. The first-order valence-corrected chi connectivity index (χ1v) is 14.3. The summed E-state index contributed by atoms with van der Waals surface area (Å²) in [6.45, 7) is 12.4. The lowest BCUT2D eigenvalue weighted by atomic mass is 10.2. The summed E-state index contributed by atoms with van der Waals surface area (Å²) in [6, 6.07) is -8.20. The van der Waals surface area contributed by atoms with Crippen molar-refractivity contribution in [1.82, 2.24) is 47.9 Å². The molecular weight excluding hydrogens is 594 g/mol. The van der Waals surface area contributed by atoms with Gasteiger partial charge in [0.2, 0.25) is 53.2 Å². The average Bonchev–Trinajstić information content (AvgIpc) is 2.95. The van der Waals surface area contributed by atoms with Crippen LogP contribution in [0, 0.1) is 0 Å². The van der Waals surface area contributed by atoms with E-state index in [4.69, 9.17) is 0 Å². The molecule has 0 radical (unpaired) electrons. The second kappa shape index (κ2) is 18.8. The zero-order valence-corrected chi connectivity index (χ0v) is 27.3. The molecule has 0 aliphatic carbocycles. The van der Waals surface area contributed by atoms with E-state index in [-0.39, 0.29) is 0 Å². The number of rotatable bonds is 16. The molecule has 0 bridgehead atoms. The molecule has 0 aromatic rings. The van der Waals surface area contributed by atoms with E-state index in [1.165, 1.54) is 69.4 Å². The maximum absolute atomic E-state index is 12.6. The predicted molar refractivity (Wildman–Crippen MR) is 161 cm³/mol. The molecule has 0 fully saturated rings. The molecule has 0 aliphatic rings. The van der Waals surface area contributed by atoms with Gasteiger partial charge in [-0.3, -0.25) is 43.2 Å². The largest absolute Gasteiger partial charge is 0.357 e. The van der Waals surface area contributed by atoms with Crippen LogP contribution in [-0.4, -0.2) is 109 Å². The van der Waals surface area contributed by atoms with Crippen LogP contribution >= 0.6 is 0 Å². The summed E-state index contributed by atoms with van der Waals surface area (Å²) >= 11 is 0. The van der Waals surface area contributed by atoms with Crippen LogP contribution in [0.1, 0.15) is 62.3 Å². The summed E-state index contributed by atoms with van der Waals surface area (Å²) in [5, 5.41) is 21.7. The van der Waals surface area contributed by atoms with E-state index in [0.717, 1.165) is 0 Å².